The molecule has 48 heavy (non-hydrogen) atoms. The molecule has 0 aromatic heterocycles. The summed E-state index contributed by atoms with van der Waals surface area (Å²) in [5.74, 6) is 0.872. The van der Waals surface area contributed by atoms with Gasteiger partial charge in [0.1, 0.15) is 5.84 Å². The van der Waals surface area contributed by atoms with Gasteiger partial charge in [0.05, 0.1) is 6.04 Å². The molecule has 1 atom stereocenters. The molecule has 1 heterocycles. The third-order valence-electron chi connectivity index (χ3n) is 9.53. The molecule has 8 aromatic rings. The highest BCUT2D eigenvalue weighted by Gasteiger charge is 2.23. The number of nitrogens with zero attached hydrogens (tertiary/aromatic N) is 1. The largest absolute Gasteiger partial charge is 0.340 e. The second-order valence-electron chi connectivity index (χ2n) is 12.4. The fourth-order valence-electron chi connectivity index (χ4n) is 7.19. The third-order valence-corrected chi connectivity index (χ3v) is 9.53. The Morgan fingerprint density at radius 2 is 0.938 bits per heavy atom. The van der Waals surface area contributed by atoms with Gasteiger partial charge in [-0.15, -0.1) is 0 Å². The summed E-state index contributed by atoms with van der Waals surface area (Å²) in [4.78, 5) is 5.35. The first kappa shape index (κ1) is 28.0. The normalized spacial score (nSPS) is 14.5. The molecule has 1 unspecified atom stereocenters. The zero-order valence-electron chi connectivity index (χ0n) is 26.3. The highest BCUT2D eigenvalue weighted by Crippen LogP contribution is 2.39. The maximum Gasteiger partial charge on any atom is 0.133 e. The van der Waals surface area contributed by atoms with E-state index in [1.54, 1.807) is 0 Å². The lowest BCUT2D eigenvalue weighted by molar-refractivity contribution is 0.889. The molecule has 226 valence electrons. The first-order valence-corrected chi connectivity index (χ1v) is 16.5. The van der Waals surface area contributed by atoms with Crippen molar-refractivity contribution in [3.05, 3.63) is 199 Å². The van der Waals surface area contributed by atoms with Crippen LogP contribution >= 0.6 is 0 Å². The number of amidine groups is 1. The standard InChI is InChI=1S/C46H32N2/c1-3-14-32(15-4-1)36-25-27-42(40-21-11-9-19-38(36)40)44-30-45(48-46(47-44)33-16-5-2-6-17-33)43-28-26-37(39-20-10-12-22-41(39)43)35-24-23-31-13-7-8-18-34(31)29-35/h1-30,44H,(H,47,48). The van der Waals surface area contributed by atoms with Gasteiger partial charge < -0.3 is 5.32 Å². The van der Waals surface area contributed by atoms with Crippen LogP contribution in [0.1, 0.15) is 22.7 Å². The van der Waals surface area contributed by atoms with Crippen molar-refractivity contribution in [3.63, 3.8) is 0 Å². The Balaban J connectivity index is 1.21. The van der Waals surface area contributed by atoms with Crippen molar-refractivity contribution in [1.29, 1.82) is 0 Å². The van der Waals surface area contributed by atoms with Crippen LogP contribution < -0.4 is 5.32 Å². The lowest BCUT2D eigenvalue weighted by atomic mass is 9.89. The quantitative estimate of drug-likeness (QED) is 0.205. The number of benzene rings is 8. The smallest absolute Gasteiger partial charge is 0.133 e. The van der Waals surface area contributed by atoms with Gasteiger partial charge in [0, 0.05) is 16.8 Å². The van der Waals surface area contributed by atoms with Crippen LogP contribution in [-0.4, -0.2) is 5.84 Å². The maximum atomic E-state index is 5.35. The average Bonchev–Trinajstić information content (AvgIpc) is 3.17. The molecule has 0 amide bonds. The minimum absolute atomic E-state index is 0.176. The molecule has 0 fully saturated rings. The van der Waals surface area contributed by atoms with Gasteiger partial charge >= 0.3 is 0 Å². The average molecular weight is 613 g/mol. The predicted molar refractivity (Wildman–Crippen MR) is 203 cm³/mol. The summed E-state index contributed by atoms with van der Waals surface area (Å²) >= 11 is 0. The van der Waals surface area contributed by atoms with Crippen molar-refractivity contribution < 1.29 is 0 Å². The van der Waals surface area contributed by atoms with Crippen LogP contribution in [0.3, 0.4) is 0 Å². The lowest BCUT2D eigenvalue weighted by Gasteiger charge is -2.25. The molecule has 1 aliphatic rings. The van der Waals surface area contributed by atoms with Gasteiger partial charge in [-0.3, -0.25) is 4.99 Å². The van der Waals surface area contributed by atoms with Crippen molar-refractivity contribution >= 4 is 43.9 Å². The summed E-state index contributed by atoms with van der Waals surface area (Å²) in [6.45, 7) is 0. The lowest BCUT2D eigenvalue weighted by Crippen LogP contribution is -2.27. The minimum Gasteiger partial charge on any atom is -0.340 e. The highest BCUT2D eigenvalue weighted by molar-refractivity contribution is 6.10. The minimum atomic E-state index is -0.176. The van der Waals surface area contributed by atoms with E-state index in [-0.39, 0.29) is 6.04 Å². The SMILES string of the molecule is C1=C(c2ccc(-c3ccc4ccccc4c3)c3ccccc23)NC(c2ccccc2)=NC1c1ccc(-c2ccccc2)c2ccccc12. The number of aliphatic imine (C=N–C) groups is 1. The van der Waals surface area contributed by atoms with E-state index >= 15 is 0 Å². The number of hydrogen-bond acceptors (Lipinski definition) is 2. The number of nitrogens with one attached hydrogen (secondary N) is 1. The monoisotopic (exact) mass is 612 g/mol. The second kappa shape index (κ2) is 11.8. The first-order valence-electron chi connectivity index (χ1n) is 16.5. The summed E-state index contributed by atoms with van der Waals surface area (Å²) in [5, 5.41) is 11.1. The maximum absolute atomic E-state index is 5.35. The molecule has 2 nitrogen and oxygen atoms in total. The van der Waals surface area contributed by atoms with Crippen LogP contribution in [0.4, 0.5) is 0 Å². The summed E-state index contributed by atoms with van der Waals surface area (Å²) in [6.07, 6.45) is 2.30. The molecule has 8 aromatic carbocycles. The number of hydrogen-bond donors (Lipinski definition) is 1. The topological polar surface area (TPSA) is 24.4 Å². The zero-order chi connectivity index (χ0) is 31.9. The predicted octanol–water partition coefficient (Wildman–Crippen LogP) is 11.6. The van der Waals surface area contributed by atoms with Crippen molar-refractivity contribution in [2.75, 3.05) is 0 Å². The Morgan fingerprint density at radius 3 is 1.69 bits per heavy atom. The van der Waals surface area contributed by atoms with Crippen molar-refractivity contribution in [2.45, 2.75) is 6.04 Å². The van der Waals surface area contributed by atoms with E-state index < -0.39 is 0 Å². The van der Waals surface area contributed by atoms with Crippen LogP contribution in [-0.2, 0) is 0 Å². The summed E-state index contributed by atoms with van der Waals surface area (Å²) < 4.78 is 0. The molecule has 0 saturated carbocycles. The van der Waals surface area contributed by atoms with E-state index in [0.29, 0.717) is 0 Å². The van der Waals surface area contributed by atoms with Gasteiger partial charge in [-0.1, -0.05) is 170 Å². The molecule has 1 aliphatic heterocycles. The van der Waals surface area contributed by atoms with E-state index in [0.717, 1.165) is 22.7 Å². The Kier molecular flexibility index (Phi) is 6.91. The molecule has 0 spiro atoms. The van der Waals surface area contributed by atoms with Gasteiger partial charge in [0.15, 0.2) is 0 Å². The molecule has 1 N–H and O–H groups in total. The molecule has 0 aliphatic carbocycles. The molecule has 9 rings (SSSR count). The fraction of sp³-hybridized carbons (Fsp3) is 0.0217. The van der Waals surface area contributed by atoms with Crippen LogP contribution in [0.5, 0.6) is 0 Å². The van der Waals surface area contributed by atoms with E-state index in [9.17, 15) is 0 Å². The molecular weight excluding hydrogens is 581 g/mol. The van der Waals surface area contributed by atoms with E-state index in [2.05, 4.69) is 187 Å². The van der Waals surface area contributed by atoms with Crippen LogP contribution in [0.15, 0.2) is 187 Å². The van der Waals surface area contributed by atoms with Crippen LogP contribution in [0, 0.1) is 0 Å². The number of rotatable bonds is 5. The van der Waals surface area contributed by atoms with E-state index in [1.165, 1.54) is 60.1 Å². The molecule has 0 radical (unpaired) electrons. The summed E-state index contributed by atoms with van der Waals surface area (Å²) in [5.41, 5.74) is 9.37. The Morgan fingerprint density at radius 1 is 0.396 bits per heavy atom. The molecule has 0 bridgehead atoms. The van der Waals surface area contributed by atoms with Crippen molar-refractivity contribution in [3.8, 4) is 22.3 Å². The Bertz CT molecular complexity index is 2530. The Hall–Kier alpha value is -6.25. The van der Waals surface area contributed by atoms with Gasteiger partial charge in [0.25, 0.3) is 0 Å². The van der Waals surface area contributed by atoms with Crippen molar-refractivity contribution in [2.24, 2.45) is 4.99 Å². The Labute approximate surface area is 280 Å². The van der Waals surface area contributed by atoms with Gasteiger partial charge in [-0.25, -0.2) is 0 Å². The zero-order valence-corrected chi connectivity index (χ0v) is 26.3. The van der Waals surface area contributed by atoms with Crippen molar-refractivity contribution in [1.82, 2.24) is 5.32 Å². The van der Waals surface area contributed by atoms with Gasteiger partial charge in [0.2, 0.25) is 0 Å². The first-order chi connectivity index (χ1) is 23.8. The van der Waals surface area contributed by atoms with Gasteiger partial charge in [-0.05, 0) is 72.3 Å². The van der Waals surface area contributed by atoms with Gasteiger partial charge in [-0.2, -0.15) is 0 Å². The molecule has 0 saturated heterocycles. The summed E-state index contributed by atoms with van der Waals surface area (Å²) in [7, 11) is 0. The number of fused-ring (bicyclic) bond motifs is 3. The van der Waals surface area contributed by atoms with Crippen LogP contribution in [0.2, 0.25) is 0 Å². The van der Waals surface area contributed by atoms with E-state index in [1.807, 2.05) is 0 Å². The third kappa shape index (κ3) is 4.96. The van der Waals surface area contributed by atoms with Crippen LogP contribution in [0.25, 0.3) is 60.3 Å². The second-order valence-corrected chi connectivity index (χ2v) is 12.4. The highest BCUT2D eigenvalue weighted by atomic mass is 15.0. The fourth-order valence-corrected chi connectivity index (χ4v) is 7.19. The summed E-state index contributed by atoms with van der Waals surface area (Å²) in [6, 6.07) is 62.8. The molecular formula is C46H32N2. The molecule has 2 heteroatoms. The van der Waals surface area contributed by atoms with E-state index in [4.69, 9.17) is 4.99 Å².